The average molecular weight is 278 g/mol. The summed E-state index contributed by atoms with van der Waals surface area (Å²) in [6.07, 6.45) is 2.94. The molecule has 0 amide bonds. The predicted octanol–water partition coefficient (Wildman–Crippen LogP) is 1.64. The van der Waals surface area contributed by atoms with Crippen LogP contribution in [-0.4, -0.2) is 47.1 Å². The highest BCUT2D eigenvalue weighted by atomic mass is 32.1. The van der Waals surface area contributed by atoms with Gasteiger partial charge in [-0.25, -0.2) is 0 Å². The first kappa shape index (κ1) is 14.2. The predicted molar refractivity (Wildman–Crippen MR) is 83.7 cm³/mol. The van der Waals surface area contributed by atoms with Crippen molar-refractivity contribution in [2.75, 3.05) is 31.1 Å². The van der Waals surface area contributed by atoms with Crippen LogP contribution in [0, 0.1) is 0 Å². The lowest BCUT2D eigenvalue weighted by atomic mass is 10.1. The van der Waals surface area contributed by atoms with Gasteiger partial charge in [0.25, 0.3) is 0 Å². The summed E-state index contributed by atoms with van der Waals surface area (Å²) in [5.41, 5.74) is 7.56. The standard InChI is InChI=1S/C14H22N4S/c1-3-11(2)17-7-9-18(10-8-17)12-5-4-6-16-13(12)14(15)19/h4-6,11H,3,7-10H2,1-2H3,(H2,15,19). The van der Waals surface area contributed by atoms with Crippen LogP contribution in [-0.2, 0) is 0 Å². The Morgan fingerprint density at radius 3 is 2.68 bits per heavy atom. The number of hydrogen-bond donors (Lipinski definition) is 1. The van der Waals surface area contributed by atoms with Crippen molar-refractivity contribution in [1.82, 2.24) is 9.88 Å². The second-order valence-corrected chi connectivity index (χ2v) is 5.46. The molecule has 1 saturated heterocycles. The third-order valence-electron chi connectivity index (χ3n) is 3.89. The molecule has 104 valence electrons. The second-order valence-electron chi connectivity index (χ2n) is 5.02. The fraction of sp³-hybridized carbons (Fsp3) is 0.571. The topological polar surface area (TPSA) is 45.4 Å². The molecule has 4 nitrogen and oxygen atoms in total. The molecule has 2 N–H and O–H groups in total. The van der Waals surface area contributed by atoms with E-state index in [1.807, 2.05) is 6.07 Å². The van der Waals surface area contributed by atoms with Crippen molar-refractivity contribution in [3.05, 3.63) is 24.0 Å². The molecule has 5 heteroatoms. The molecule has 1 atom stereocenters. The molecule has 0 radical (unpaired) electrons. The molecule has 19 heavy (non-hydrogen) atoms. The summed E-state index contributed by atoms with van der Waals surface area (Å²) in [7, 11) is 0. The smallest absolute Gasteiger partial charge is 0.124 e. The van der Waals surface area contributed by atoms with Crippen LogP contribution in [0.5, 0.6) is 0 Å². The fourth-order valence-corrected chi connectivity index (χ4v) is 2.66. The Labute approximate surface area is 120 Å². The molecule has 1 aliphatic rings. The van der Waals surface area contributed by atoms with Gasteiger partial charge in [0, 0.05) is 38.4 Å². The molecule has 2 rings (SSSR count). The highest BCUT2D eigenvalue weighted by molar-refractivity contribution is 7.80. The van der Waals surface area contributed by atoms with Gasteiger partial charge in [-0.3, -0.25) is 9.88 Å². The maximum absolute atomic E-state index is 5.75. The van der Waals surface area contributed by atoms with Crippen molar-refractivity contribution in [3.8, 4) is 0 Å². The van der Waals surface area contributed by atoms with Crippen LogP contribution in [0.3, 0.4) is 0 Å². The number of piperazine rings is 1. The SMILES string of the molecule is CCC(C)N1CCN(c2cccnc2C(N)=S)CC1. The van der Waals surface area contributed by atoms with Crippen LogP contribution < -0.4 is 10.6 Å². The first-order valence-corrected chi connectivity index (χ1v) is 7.28. The van der Waals surface area contributed by atoms with Crippen LogP contribution in [0.15, 0.2) is 18.3 Å². The fourth-order valence-electron chi connectivity index (χ4n) is 2.50. The van der Waals surface area contributed by atoms with Crippen molar-refractivity contribution >= 4 is 22.9 Å². The molecule has 1 fully saturated rings. The Morgan fingerprint density at radius 1 is 1.42 bits per heavy atom. The van der Waals surface area contributed by atoms with Gasteiger partial charge in [-0.15, -0.1) is 0 Å². The van der Waals surface area contributed by atoms with Gasteiger partial charge >= 0.3 is 0 Å². The number of anilines is 1. The van der Waals surface area contributed by atoms with Gasteiger partial charge in [-0.2, -0.15) is 0 Å². The maximum Gasteiger partial charge on any atom is 0.124 e. The number of nitrogens with zero attached hydrogens (tertiary/aromatic N) is 3. The van der Waals surface area contributed by atoms with Crippen molar-refractivity contribution in [2.45, 2.75) is 26.3 Å². The molecule has 0 bridgehead atoms. The Kier molecular flexibility index (Phi) is 4.71. The summed E-state index contributed by atoms with van der Waals surface area (Å²) in [6, 6.07) is 4.66. The summed E-state index contributed by atoms with van der Waals surface area (Å²) in [4.78, 5) is 9.55. The van der Waals surface area contributed by atoms with E-state index in [2.05, 4.69) is 34.7 Å². The van der Waals surface area contributed by atoms with Gasteiger partial charge in [0.15, 0.2) is 0 Å². The lowest BCUT2D eigenvalue weighted by molar-refractivity contribution is 0.193. The third kappa shape index (κ3) is 3.22. The van der Waals surface area contributed by atoms with Gasteiger partial charge in [0.1, 0.15) is 10.7 Å². The van der Waals surface area contributed by atoms with Gasteiger partial charge in [-0.1, -0.05) is 19.1 Å². The Balaban J connectivity index is 2.08. The van der Waals surface area contributed by atoms with Crippen LogP contribution in [0.2, 0.25) is 0 Å². The second kappa shape index (κ2) is 6.30. The number of thiocarbonyl (C=S) groups is 1. The summed E-state index contributed by atoms with van der Waals surface area (Å²) in [6.45, 7) is 8.71. The van der Waals surface area contributed by atoms with E-state index in [9.17, 15) is 0 Å². The number of aromatic nitrogens is 1. The average Bonchev–Trinajstić information content (AvgIpc) is 2.46. The number of pyridine rings is 1. The molecule has 0 spiro atoms. The molecule has 1 aromatic heterocycles. The van der Waals surface area contributed by atoms with E-state index in [1.54, 1.807) is 6.20 Å². The highest BCUT2D eigenvalue weighted by Gasteiger charge is 2.22. The van der Waals surface area contributed by atoms with E-state index < -0.39 is 0 Å². The van der Waals surface area contributed by atoms with Gasteiger partial charge in [-0.05, 0) is 25.5 Å². The molecule has 1 unspecified atom stereocenters. The zero-order chi connectivity index (χ0) is 13.8. The van der Waals surface area contributed by atoms with E-state index in [1.165, 1.54) is 6.42 Å². The van der Waals surface area contributed by atoms with E-state index in [0.29, 0.717) is 11.0 Å². The van der Waals surface area contributed by atoms with E-state index in [-0.39, 0.29) is 0 Å². The van der Waals surface area contributed by atoms with Crippen molar-refractivity contribution in [2.24, 2.45) is 5.73 Å². The first-order chi connectivity index (χ1) is 9.13. The molecular weight excluding hydrogens is 256 g/mol. The quantitative estimate of drug-likeness (QED) is 0.848. The van der Waals surface area contributed by atoms with Crippen molar-refractivity contribution < 1.29 is 0 Å². The van der Waals surface area contributed by atoms with Gasteiger partial charge in [0.2, 0.25) is 0 Å². The number of nitrogens with two attached hydrogens (primary N) is 1. The molecule has 0 aromatic carbocycles. The summed E-state index contributed by atoms with van der Waals surface area (Å²) >= 11 is 5.08. The van der Waals surface area contributed by atoms with Crippen LogP contribution in [0.4, 0.5) is 5.69 Å². The lowest BCUT2D eigenvalue weighted by Crippen LogP contribution is -2.49. The lowest BCUT2D eigenvalue weighted by Gasteiger charge is -2.39. The van der Waals surface area contributed by atoms with Crippen LogP contribution in [0.25, 0.3) is 0 Å². The zero-order valence-corrected chi connectivity index (χ0v) is 12.5. The van der Waals surface area contributed by atoms with Crippen molar-refractivity contribution in [3.63, 3.8) is 0 Å². The summed E-state index contributed by atoms with van der Waals surface area (Å²) < 4.78 is 0. The van der Waals surface area contributed by atoms with E-state index in [0.717, 1.165) is 37.6 Å². The summed E-state index contributed by atoms with van der Waals surface area (Å²) in [5.74, 6) is 0. The normalized spacial score (nSPS) is 18.3. The van der Waals surface area contributed by atoms with Crippen LogP contribution >= 0.6 is 12.2 Å². The minimum absolute atomic E-state index is 0.375. The van der Waals surface area contributed by atoms with Gasteiger partial charge in [0.05, 0.1) is 5.69 Å². The molecule has 0 aliphatic carbocycles. The minimum atomic E-state index is 0.375. The highest BCUT2D eigenvalue weighted by Crippen LogP contribution is 2.20. The Bertz CT molecular complexity index is 441. The van der Waals surface area contributed by atoms with E-state index in [4.69, 9.17) is 18.0 Å². The maximum atomic E-state index is 5.75. The van der Waals surface area contributed by atoms with E-state index >= 15 is 0 Å². The summed E-state index contributed by atoms with van der Waals surface area (Å²) in [5, 5.41) is 0. The first-order valence-electron chi connectivity index (χ1n) is 6.87. The minimum Gasteiger partial charge on any atom is -0.388 e. The largest absolute Gasteiger partial charge is 0.388 e. The van der Waals surface area contributed by atoms with Crippen LogP contribution in [0.1, 0.15) is 26.0 Å². The monoisotopic (exact) mass is 278 g/mol. The van der Waals surface area contributed by atoms with Crippen molar-refractivity contribution in [1.29, 1.82) is 0 Å². The zero-order valence-electron chi connectivity index (χ0n) is 11.7. The molecule has 1 aromatic rings. The molecule has 1 aliphatic heterocycles. The molecular formula is C14H22N4S. The number of hydrogen-bond acceptors (Lipinski definition) is 4. The molecule has 0 saturated carbocycles. The third-order valence-corrected chi connectivity index (χ3v) is 4.08. The Hall–Kier alpha value is -1.20. The number of rotatable bonds is 4. The van der Waals surface area contributed by atoms with Gasteiger partial charge < -0.3 is 10.6 Å². The molecule has 2 heterocycles. The Morgan fingerprint density at radius 2 is 2.11 bits per heavy atom.